The molecule has 0 aliphatic carbocycles. The van der Waals surface area contributed by atoms with Gasteiger partial charge >= 0.3 is 0 Å². The second kappa shape index (κ2) is 4.86. The molecule has 0 fully saturated rings. The van der Waals surface area contributed by atoms with Gasteiger partial charge in [0, 0.05) is 5.56 Å². The smallest absolute Gasteiger partial charge is 0.242 e. The first-order chi connectivity index (χ1) is 7.58. The Balaban J connectivity index is 3.00. The summed E-state index contributed by atoms with van der Waals surface area (Å²) in [5.74, 6) is 1.94. The maximum absolute atomic E-state index is 6.06. The van der Waals surface area contributed by atoms with Crippen LogP contribution in [0, 0.1) is 6.92 Å². The second-order valence-corrected chi connectivity index (χ2v) is 15.2. The highest BCUT2D eigenvalue weighted by Gasteiger charge is 2.21. The molecule has 0 radical (unpaired) electrons. The van der Waals surface area contributed by atoms with Crippen LogP contribution < -0.4 is 8.85 Å². The maximum atomic E-state index is 6.06. The average Bonchev–Trinajstić information content (AvgIpc) is 2.07. The first-order valence-electron chi connectivity index (χ1n) is 6.06. The van der Waals surface area contributed by atoms with Crippen LogP contribution in [-0.4, -0.2) is 16.6 Å². The number of hydrogen-bond acceptors (Lipinski definition) is 2. The van der Waals surface area contributed by atoms with Gasteiger partial charge in [-0.05, 0) is 58.3 Å². The zero-order valence-electron chi connectivity index (χ0n) is 12.0. The Morgan fingerprint density at radius 3 is 1.41 bits per heavy atom. The van der Waals surface area contributed by atoms with Gasteiger partial charge in [-0.2, -0.15) is 0 Å². The summed E-state index contributed by atoms with van der Waals surface area (Å²) in [6, 6.07) is 6.08. The van der Waals surface area contributed by atoms with Gasteiger partial charge in [-0.15, -0.1) is 0 Å². The van der Waals surface area contributed by atoms with Crippen LogP contribution in [-0.2, 0) is 0 Å². The van der Waals surface area contributed by atoms with Crippen LogP contribution in [0.2, 0.25) is 39.3 Å². The van der Waals surface area contributed by atoms with E-state index >= 15 is 0 Å². The van der Waals surface area contributed by atoms with Crippen molar-refractivity contribution in [3.63, 3.8) is 0 Å². The fourth-order valence-electron chi connectivity index (χ4n) is 1.48. The van der Waals surface area contributed by atoms with Crippen molar-refractivity contribution in [1.29, 1.82) is 0 Å². The highest BCUT2D eigenvalue weighted by atomic mass is 28.4. The molecule has 4 heteroatoms. The molecule has 0 saturated carbocycles. The lowest BCUT2D eigenvalue weighted by molar-refractivity contribution is 0.525. The predicted molar refractivity (Wildman–Crippen MR) is 79.1 cm³/mol. The van der Waals surface area contributed by atoms with Crippen LogP contribution in [0.5, 0.6) is 11.5 Å². The SMILES string of the molecule is Cc1c(O[Si](C)(C)C)cccc1O[Si](C)(C)C. The number of benzene rings is 1. The molecule has 0 aromatic heterocycles. The van der Waals surface area contributed by atoms with E-state index in [9.17, 15) is 0 Å². The quantitative estimate of drug-likeness (QED) is 0.753. The van der Waals surface area contributed by atoms with Crippen molar-refractivity contribution in [2.75, 3.05) is 0 Å². The normalized spacial score (nSPS) is 12.4. The second-order valence-electron chi connectivity index (χ2n) is 6.31. The molecular formula is C13H24O2Si2. The van der Waals surface area contributed by atoms with Crippen molar-refractivity contribution < 1.29 is 8.85 Å². The minimum Gasteiger partial charge on any atom is -0.544 e. The minimum atomic E-state index is -1.56. The summed E-state index contributed by atoms with van der Waals surface area (Å²) in [5, 5.41) is 0. The Labute approximate surface area is 107 Å². The van der Waals surface area contributed by atoms with E-state index in [1.54, 1.807) is 0 Å². The van der Waals surface area contributed by atoms with Crippen LogP contribution in [0.3, 0.4) is 0 Å². The predicted octanol–water partition coefficient (Wildman–Crippen LogP) is 4.42. The van der Waals surface area contributed by atoms with Crippen molar-refractivity contribution in [2.24, 2.45) is 0 Å². The fourth-order valence-corrected chi connectivity index (χ4v) is 3.24. The number of hydrogen-bond donors (Lipinski definition) is 0. The molecule has 0 atom stereocenters. The Kier molecular flexibility index (Phi) is 4.09. The van der Waals surface area contributed by atoms with Crippen LogP contribution in [0.1, 0.15) is 5.56 Å². The van der Waals surface area contributed by atoms with Gasteiger partial charge in [-0.3, -0.25) is 0 Å². The zero-order valence-corrected chi connectivity index (χ0v) is 14.0. The van der Waals surface area contributed by atoms with Crippen LogP contribution in [0.4, 0.5) is 0 Å². The molecule has 0 aliphatic heterocycles. The van der Waals surface area contributed by atoms with Crippen LogP contribution >= 0.6 is 0 Å². The molecule has 0 saturated heterocycles. The van der Waals surface area contributed by atoms with Crippen molar-refractivity contribution in [2.45, 2.75) is 46.2 Å². The van der Waals surface area contributed by atoms with Crippen molar-refractivity contribution >= 4 is 16.6 Å². The summed E-state index contributed by atoms with van der Waals surface area (Å²) in [7, 11) is -3.11. The third-order valence-corrected chi connectivity index (χ3v) is 3.73. The molecule has 96 valence electrons. The van der Waals surface area contributed by atoms with Crippen molar-refractivity contribution in [3.8, 4) is 11.5 Å². The maximum Gasteiger partial charge on any atom is 0.242 e. The Hall–Kier alpha value is -0.746. The van der Waals surface area contributed by atoms with E-state index in [-0.39, 0.29) is 0 Å². The molecule has 0 spiro atoms. The monoisotopic (exact) mass is 268 g/mol. The van der Waals surface area contributed by atoms with Gasteiger partial charge in [-0.25, -0.2) is 0 Å². The first-order valence-corrected chi connectivity index (χ1v) is 12.9. The Morgan fingerprint density at radius 2 is 1.12 bits per heavy atom. The van der Waals surface area contributed by atoms with Gasteiger partial charge in [0.2, 0.25) is 16.6 Å². The largest absolute Gasteiger partial charge is 0.544 e. The third-order valence-electron chi connectivity index (χ3n) is 2.07. The van der Waals surface area contributed by atoms with E-state index < -0.39 is 16.6 Å². The molecule has 0 bridgehead atoms. The molecule has 0 aliphatic rings. The van der Waals surface area contributed by atoms with Gasteiger partial charge in [0.15, 0.2) is 0 Å². The van der Waals surface area contributed by atoms with E-state index in [1.807, 2.05) is 18.2 Å². The van der Waals surface area contributed by atoms with E-state index in [0.29, 0.717) is 0 Å². The molecule has 0 N–H and O–H groups in total. The zero-order chi connectivity index (χ0) is 13.3. The van der Waals surface area contributed by atoms with E-state index in [1.165, 1.54) is 0 Å². The van der Waals surface area contributed by atoms with Gasteiger partial charge in [0.05, 0.1) is 0 Å². The summed E-state index contributed by atoms with van der Waals surface area (Å²) >= 11 is 0. The summed E-state index contributed by atoms with van der Waals surface area (Å²) in [5.41, 5.74) is 1.12. The van der Waals surface area contributed by atoms with Gasteiger partial charge < -0.3 is 8.85 Å². The standard InChI is InChI=1S/C13H24O2Si2/c1-11-12(14-16(2,3)4)9-8-10-13(11)15-17(5,6)7/h8-10H,1-7H3. The highest BCUT2D eigenvalue weighted by molar-refractivity contribution is 6.70. The number of rotatable bonds is 4. The summed E-state index contributed by atoms with van der Waals surface area (Å²) in [6.07, 6.45) is 0. The molecule has 1 aromatic rings. The summed E-state index contributed by atoms with van der Waals surface area (Å²) < 4.78 is 12.1. The molecule has 1 aromatic carbocycles. The van der Waals surface area contributed by atoms with E-state index in [4.69, 9.17) is 8.85 Å². The lowest BCUT2D eigenvalue weighted by atomic mass is 10.2. The molecule has 0 unspecified atom stereocenters. The molecule has 1 rings (SSSR count). The van der Waals surface area contributed by atoms with E-state index in [2.05, 4.69) is 46.2 Å². The summed E-state index contributed by atoms with van der Waals surface area (Å²) in [4.78, 5) is 0. The third kappa shape index (κ3) is 4.96. The van der Waals surface area contributed by atoms with Gasteiger partial charge in [0.25, 0.3) is 0 Å². The molecule has 2 nitrogen and oxygen atoms in total. The van der Waals surface area contributed by atoms with Gasteiger partial charge in [0.1, 0.15) is 11.5 Å². The lowest BCUT2D eigenvalue weighted by Gasteiger charge is -2.25. The van der Waals surface area contributed by atoms with Crippen molar-refractivity contribution in [3.05, 3.63) is 23.8 Å². The molecule has 0 amide bonds. The molecule has 0 heterocycles. The average molecular weight is 269 g/mol. The summed E-state index contributed by atoms with van der Waals surface area (Å²) in [6.45, 7) is 15.2. The fraction of sp³-hybridized carbons (Fsp3) is 0.538. The topological polar surface area (TPSA) is 18.5 Å². The Morgan fingerprint density at radius 1 is 0.765 bits per heavy atom. The molecule has 17 heavy (non-hydrogen) atoms. The Bertz CT molecular complexity index is 355. The first kappa shape index (κ1) is 14.3. The van der Waals surface area contributed by atoms with Crippen molar-refractivity contribution in [1.82, 2.24) is 0 Å². The van der Waals surface area contributed by atoms with E-state index in [0.717, 1.165) is 17.1 Å². The highest BCUT2D eigenvalue weighted by Crippen LogP contribution is 2.30. The lowest BCUT2D eigenvalue weighted by Crippen LogP contribution is -2.31. The van der Waals surface area contributed by atoms with Gasteiger partial charge in [-0.1, -0.05) is 6.07 Å². The minimum absolute atomic E-state index is 0.972. The van der Waals surface area contributed by atoms with Crippen LogP contribution in [0.15, 0.2) is 18.2 Å². The molecular weight excluding hydrogens is 244 g/mol. The van der Waals surface area contributed by atoms with Crippen LogP contribution in [0.25, 0.3) is 0 Å².